The molecule has 0 radical (unpaired) electrons. The van der Waals surface area contributed by atoms with Gasteiger partial charge in [0.05, 0.1) is 5.69 Å². The van der Waals surface area contributed by atoms with E-state index in [0.29, 0.717) is 22.2 Å². The van der Waals surface area contributed by atoms with E-state index in [4.69, 9.17) is 17.3 Å². The predicted octanol–water partition coefficient (Wildman–Crippen LogP) is 2.94. The zero-order valence-corrected chi connectivity index (χ0v) is 10.1. The molecule has 0 unspecified atom stereocenters. The highest BCUT2D eigenvalue weighted by Crippen LogP contribution is 2.29. The normalized spacial score (nSPS) is 10.9. The molecule has 4 nitrogen and oxygen atoms in total. The summed E-state index contributed by atoms with van der Waals surface area (Å²) < 4.78 is 1.84. The molecule has 5 heteroatoms. The summed E-state index contributed by atoms with van der Waals surface area (Å²) in [4.78, 5) is 4.32. The number of aromatic nitrogens is 2. The third-order valence-electron chi connectivity index (χ3n) is 2.78. The molecular weight excluding hydrogens is 250 g/mol. The third-order valence-corrected chi connectivity index (χ3v) is 3.04. The average molecular weight is 260 g/mol. The topological polar surface area (TPSA) is 63.5 Å². The van der Waals surface area contributed by atoms with Crippen molar-refractivity contribution in [2.75, 3.05) is 5.73 Å². The van der Waals surface area contributed by atoms with Gasteiger partial charge in [0.25, 0.3) is 0 Å². The molecule has 2 heterocycles. The quantitative estimate of drug-likeness (QED) is 0.706. The lowest BCUT2D eigenvalue weighted by Crippen LogP contribution is -1.92. The van der Waals surface area contributed by atoms with Crippen molar-refractivity contribution in [3.8, 4) is 17.1 Å². The van der Waals surface area contributed by atoms with Crippen molar-refractivity contribution in [3.05, 3.63) is 47.7 Å². The van der Waals surface area contributed by atoms with E-state index in [0.717, 1.165) is 5.56 Å². The standard InChI is InChI=1S/C13H10ClN3O/c14-12-11-10(15)2-1-7-17(11)13(16-12)8-3-5-9(18)6-4-8/h1-7,18H,15H2. The molecule has 0 saturated heterocycles. The van der Waals surface area contributed by atoms with E-state index < -0.39 is 0 Å². The zero-order chi connectivity index (χ0) is 12.7. The number of nitrogens with two attached hydrogens (primary N) is 1. The number of pyridine rings is 1. The van der Waals surface area contributed by atoms with Crippen LogP contribution in [0.3, 0.4) is 0 Å². The summed E-state index contributed by atoms with van der Waals surface area (Å²) in [7, 11) is 0. The highest BCUT2D eigenvalue weighted by Gasteiger charge is 2.12. The third kappa shape index (κ3) is 1.58. The maximum atomic E-state index is 9.29. The first-order valence-electron chi connectivity index (χ1n) is 5.38. The number of imidazole rings is 1. The molecule has 18 heavy (non-hydrogen) atoms. The summed E-state index contributed by atoms with van der Waals surface area (Å²) in [5, 5.41) is 9.66. The van der Waals surface area contributed by atoms with Crippen LogP contribution in [0, 0.1) is 0 Å². The van der Waals surface area contributed by atoms with Gasteiger partial charge in [-0.3, -0.25) is 4.40 Å². The van der Waals surface area contributed by atoms with Crippen LogP contribution in [-0.4, -0.2) is 14.5 Å². The Kier molecular flexibility index (Phi) is 2.38. The minimum absolute atomic E-state index is 0.213. The molecule has 0 bridgehead atoms. The number of phenols is 1. The fourth-order valence-electron chi connectivity index (χ4n) is 1.93. The van der Waals surface area contributed by atoms with E-state index in [1.54, 1.807) is 30.3 Å². The summed E-state index contributed by atoms with van der Waals surface area (Å²) in [5.41, 5.74) is 8.03. The summed E-state index contributed by atoms with van der Waals surface area (Å²) in [5.74, 6) is 0.910. The van der Waals surface area contributed by atoms with Crippen LogP contribution < -0.4 is 5.73 Å². The lowest BCUT2D eigenvalue weighted by Gasteiger charge is -2.02. The van der Waals surface area contributed by atoms with E-state index in [1.165, 1.54) is 0 Å². The largest absolute Gasteiger partial charge is 0.508 e. The molecule has 3 N–H and O–H groups in total. The summed E-state index contributed by atoms with van der Waals surface area (Å²) in [6, 6.07) is 10.4. The number of hydrogen-bond donors (Lipinski definition) is 2. The fourth-order valence-corrected chi connectivity index (χ4v) is 2.21. The van der Waals surface area contributed by atoms with Crippen molar-refractivity contribution in [1.29, 1.82) is 0 Å². The number of phenolic OH excluding ortho intramolecular Hbond substituents is 1. The Morgan fingerprint density at radius 3 is 2.61 bits per heavy atom. The lowest BCUT2D eigenvalue weighted by atomic mass is 10.2. The van der Waals surface area contributed by atoms with Gasteiger partial charge in [0.2, 0.25) is 0 Å². The number of hydrogen-bond acceptors (Lipinski definition) is 3. The maximum Gasteiger partial charge on any atom is 0.157 e. The maximum absolute atomic E-state index is 9.29. The molecule has 0 spiro atoms. The molecule has 2 aromatic heterocycles. The highest BCUT2D eigenvalue weighted by atomic mass is 35.5. The minimum atomic E-state index is 0.213. The van der Waals surface area contributed by atoms with Gasteiger partial charge in [0.1, 0.15) is 17.1 Å². The van der Waals surface area contributed by atoms with Gasteiger partial charge < -0.3 is 10.8 Å². The number of rotatable bonds is 1. The van der Waals surface area contributed by atoms with E-state index in [2.05, 4.69) is 4.98 Å². The van der Waals surface area contributed by atoms with Crippen molar-refractivity contribution in [3.63, 3.8) is 0 Å². The molecule has 0 atom stereocenters. The monoisotopic (exact) mass is 259 g/mol. The van der Waals surface area contributed by atoms with E-state index in [1.807, 2.05) is 16.7 Å². The molecular formula is C13H10ClN3O. The molecule has 90 valence electrons. The minimum Gasteiger partial charge on any atom is -0.508 e. The Labute approximate surface area is 108 Å². The van der Waals surface area contributed by atoms with Gasteiger partial charge in [0.15, 0.2) is 5.15 Å². The van der Waals surface area contributed by atoms with Crippen molar-refractivity contribution < 1.29 is 5.11 Å². The molecule has 0 saturated carbocycles. The number of fused-ring (bicyclic) bond motifs is 1. The SMILES string of the molecule is Nc1cccn2c(-c3ccc(O)cc3)nc(Cl)c12. The van der Waals surface area contributed by atoms with Gasteiger partial charge in [-0.05, 0) is 36.4 Å². The number of anilines is 1. The van der Waals surface area contributed by atoms with Crippen LogP contribution in [0.25, 0.3) is 16.9 Å². The first-order valence-corrected chi connectivity index (χ1v) is 5.76. The Morgan fingerprint density at radius 2 is 1.89 bits per heavy atom. The van der Waals surface area contributed by atoms with Crippen LogP contribution in [-0.2, 0) is 0 Å². The zero-order valence-electron chi connectivity index (χ0n) is 9.34. The first kappa shape index (κ1) is 10.9. The fraction of sp³-hybridized carbons (Fsp3) is 0. The summed E-state index contributed by atoms with van der Waals surface area (Å²) >= 11 is 6.10. The van der Waals surface area contributed by atoms with Gasteiger partial charge in [-0.15, -0.1) is 0 Å². The highest BCUT2D eigenvalue weighted by molar-refractivity contribution is 6.33. The number of halogens is 1. The van der Waals surface area contributed by atoms with Crippen LogP contribution in [0.1, 0.15) is 0 Å². The van der Waals surface area contributed by atoms with Crippen LogP contribution in [0.2, 0.25) is 5.15 Å². The van der Waals surface area contributed by atoms with Gasteiger partial charge in [-0.25, -0.2) is 4.98 Å². The molecule has 1 aromatic carbocycles. The van der Waals surface area contributed by atoms with Gasteiger partial charge >= 0.3 is 0 Å². The molecule has 3 aromatic rings. The van der Waals surface area contributed by atoms with Crippen LogP contribution in [0.15, 0.2) is 42.6 Å². The van der Waals surface area contributed by atoms with E-state index >= 15 is 0 Å². The molecule has 0 aliphatic rings. The van der Waals surface area contributed by atoms with Gasteiger partial charge in [-0.2, -0.15) is 0 Å². The molecule has 0 aliphatic heterocycles. The second kappa shape index (κ2) is 3.92. The Hall–Kier alpha value is -2.20. The van der Waals surface area contributed by atoms with E-state index in [-0.39, 0.29) is 5.75 Å². The van der Waals surface area contributed by atoms with Crippen molar-refractivity contribution in [2.24, 2.45) is 0 Å². The van der Waals surface area contributed by atoms with Crippen molar-refractivity contribution >= 4 is 22.8 Å². The molecule has 0 fully saturated rings. The molecule has 3 rings (SSSR count). The van der Waals surface area contributed by atoms with Crippen molar-refractivity contribution in [1.82, 2.24) is 9.38 Å². The summed E-state index contributed by atoms with van der Waals surface area (Å²) in [6.45, 7) is 0. The molecule has 0 aliphatic carbocycles. The van der Waals surface area contributed by atoms with Crippen LogP contribution >= 0.6 is 11.6 Å². The van der Waals surface area contributed by atoms with Gasteiger partial charge in [-0.1, -0.05) is 11.6 Å². The Bertz CT molecular complexity index is 719. The number of nitrogen functional groups attached to an aromatic ring is 1. The Balaban J connectivity index is 2.30. The molecule has 0 amide bonds. The number of nitrogens with zero attached hydrogens (tertiary/aromatic N) is 2. The van der Waals surface area contributed by atoms with Gasteiger partial charge in [0, 0.05) is 11.8 Å². The predicted molar refractivity (Wildman–Crippen MR) is 71.7 cm³/mol. The Morgan fingerprint density at radius 1 is 1.17 bits per heavy atom. The number of aromatic hydroxyl groups is 1. The average Bonchev–Trinajstić information content (AvgIpc) is 2.69. The summed E-state index contributed by atoms with van der Waals surface area (Å²) in [6.07, 6.45) is 1.85. The van der Waals surface area contributed by atoms with E-state index in [9.17, 15) is 5.11 Å². The lowest BCUT2D eigenvalue weighted by molar-refractivity contribution is 0.475. The second-order valence-corrected chi connectivity index (χ2v) is 4.31. The number of benzene rings is 1. The van der Waals surface area contributed by atoms with Crippen molar-refractivity contribution in [2.45, 2.75) is 0 Å². The smallest absolute Gasteiger partial charge is 0.157 e. The van der Waals surface area contributed by atoms with Crippen LogP contribution in [0.4, 0.5) is 5.69 Å². The second-order valence-electron chi connectivity index (χ2n) is 3.96. The first-order chi connectivity index (χ1) is 8.66. The van der Waals surface area contributed by atoms with Crippen LogP contribution in [0.5, 0.6) is 5.75 Å².